The smallest absolute Gasteiger partial charge is 0.224 e. The summed E-state index contributed by atoms with van der Waals surface area (Å²) in [5.41, 5.74) is 0. The fourth-order valence-electron chi connectivity index (χ4n) is 2.09. The summed E-state index contributed by atoms with van der Waals surface area (Å²) >= 11 is 0. The van der Waals surface area contributed by atoms with Crippen LogP contribution in [0.2, 0.25) is 0 Å². The molecule has 2 atom stereocenters. The van der Waals surface area contributed by atoms with Gasteiger partial charge in [0.2, 0.25) is 5.91 Å². The van der Waals surface area contributed by atoms with Gasteiger partial charge in [-0.1, -0.05) is 26.7 Å². The zero-order valence-electron chi connectivity index (χ0n) is 10.0. The van der Waals surface area contributed by atoms with E-state index in [0.29, 0.717) is 5.92 Å². The summed E-state index contributed by atoms with van der Waals surface area (Å²) in [6.45, 7) is 7.12. The molecule has 2 N–H and O–H groups in total. The van der Waals surface area contributed by atoms with Crippen LogP contribution in [0, 0.1) is 11.8 Å². The van der Waals surface area contributed by atoms with E-state index in [9.17, 15) is 4.79 Å². The van der Waals surface area contributed by atoms with E-state index in [-0.39, 0.29) is 11.8 Å². The van der Waals surface area contributed by atoms with Crippen LogP contribution in [0.1, 0.15) is 39.5 Å². The third kappa shape index (κ3) is 4.65. The van der Waals surface area contributed by atoms with Crippen molar-refractivity contribution in [3.05, 3.63) is 0 Å². The number of rotatable bonds is 5. The number of amides is 1. The van der Waals surface area contributed by atoms with Gasteiger partial charge in [-0.25, -0.2) is 0 Å². The lowest BCUT2D eigenvalue weighted by Gasteiger charge is -2.26. The number of unbranched alkanes of at least 4 members (excludes halogenated alkanes) is 2. The second-order valence-electron chi connectivity index (χ2n) is 4.69. The van der Waals surface area contributed by atoms with Crippen molar-refractivity contribution in [2.75, 3.05) is 19.6 Å². The third-order valence-corrected chi connectivity index (χ3v) is 3.02. The van der Waals surface area contributed by atoms with Crippen LogP contribution in [-0.4, -0.2) is 25.5 Å². The maximum atomic E-state index is 11.8. The molecule has 0 spiro atoms. The molecule has 88 valence electrons. The Balaban J connectivity index is 2.15. The van der Waals surface area contributed by atoms with Crippen molar-refractivity contribution in [2.45, 2.75) is 39.5 Å². The Kier molecular flexibility index (Phi) is 5.69. The van der Waals surface area contributed by atoms with Gasteiger partial charge in [-0.05, 0) is 25.3 Å². The minimum atomic E-state index is 0.190. The minimum absolute atomic E-state index is 0.190. The topological polar surface area (TPSA) is 41.1 Å². The summed E-state index contributed by atoms with van der Waals surface area (Å²) in [5, 5.41) is 6.34. The molecule has 3 heteroatoms. The Morgan fingerprint density at radius 1 is 1.40 bits per heavy atom. The molecule has 0 bridgehead atoms. The molecular weight excluding hydrogens is 188 g/mol. The Bertz CT molecular complexity index is 194. The van der Waals surface area contributed by atoms with Crippen LogP contribution in [0.4, 0.5) is 0 Å². The van der Waals surface area contributed by atoms with E-state index in [1.54, 1.807) is 0 Å². The van der Waals surface area contributed by atoms with Gasteiger partial charge in [0.15, 0.2) is 0 Å². The summed E-state index contributed by atoms with van der Waals surface area (Å²) in [5.74, 6) is 1.06. The molecule has 3 nitrogen and oxygen atoms in total. The minimum Gasteiger partial charge on any atom is -0.356 e. The van der Waals surface area contributed by atoms with Gasteiger partial charge in [0.05, 0.1) is 5.92 Å². The Morgan fingerprint density at radius 3 is 2.87 bits per heavy atom. The number of carbonyl (C=O) groups is 1. The van der Waals surface area contributed by atoms with Crippen molar-refractivity contribution in [1.82, 2.24) is 10.6 Å². The second kappa shape index (κ2) is 6.83. The van der Waals surface area contributed by atoms with E-state index in [1.807, 2.05) is 0 Å². The summed E-state index contributed by atoms with van der Waals surface area (Å²) in [6.07, 6.45) is 4.56. The lowest BCUT2D eigenvalue weighted by atomic mass is 9.91. The van der Waals surface area contributed by atoms with Crippen LogP contribution < -0.4 is 10.6 Å². The summed E-state index contributed by atoms with van der Waals surface area (Å²) in [6, 6.07) is 0. The van der Waals surface area contributed by atoms with Gasteiger partial charge >= 0.3 is 0 Å². The van der Waals surface area contributed by atoms with Crippen molar-refractivity contribution in [3.63, 3.8) is 0 Å². The number of hydrogen-bond donors (Lipinski definition) is 2. The molecule has 0 aromatic carbocycles. The van der Waals surface area contributed by atoms with Crippen LogP contribution in [0.3, 0.4) is 0 Å². The second-order valence-corrected chi connectivity index (χ2v) is 4.69. The van der Waals surface area contributed by atoms with Crippen molar-refractivity contribution in [3.8, 4) is 0 Å². The lowest BCUT2D eigenvalue weighted by molar-refractivity contribution is -0.125. The molecule has 1 heterocycles. The van der Waals surface area contributed by atoms with Gasteiger partial charge in [0.1, 0.15) is 0 Å². The zero-order valence-corrected chi connectivity index (χ0v) is 10.0. The highest BCUT2D eigenvalue weighted by Gasteiger charge is 2.24. The van der Waals surface area contributed by atoms with Crippen LogP contribution in [0.25, 0.3) is 0 Å². The van der Waals surface area contributed by atoms with Crippen LogP contribution in [0.5, 0.6) is 0 Å². The molecular formula is C12H24N2O. The first-order chi connectivity index (χ1) is 7.24. The average molecular weight is 212 g/mol. The van der Waals surface area contributed by atoms with Gasteiger partial charge in [-0.3, -0.25) is 4.79 Å². The predicted molar refractivity (Wildman–Crippen MR) is 62.7 cm³/mol. The predicted octanol–water partition coefficient (Wildman–Crippen LogP) is 1.54. The molecule has 2 unspecified atom stereocenters. The maximum Gasteiger partial charge on any atom is 0.224 e. The van der Waals surface area contributed by atoms with E-state index in [0.717, 1.165) is 32.5 Å². The Labute approximate surface area is 93.0 Å². The van der Waals surface area contributed by atoms with Gasteiger partial charge in [0.25, 0.3) is 0 Å². The number of nitrogens with one attached hydrogen (secondary N) is 2. The normalized spacial score (nSPS) is 26.3. The van der Waals surface area contributed by atoms with Gasteiger partial charge in [0, 0.05) is 13.1 Å². The Hall–Kier alpha value is -0.570. The molecule has 0 saturated carbocycles. The third-order valence-electron chi connectivity index (χ3n) is 3.02. The van der Waals surface area contributed by atoms with E-state index in [4.69, 9.17) is 0 Å². The zero-order chi connectivity index (χ0) is 11.1. The number of hydrogen-bond acceptors (Lipinski definition) is 2. The number of piperidine rings is 1. The molecule has 0 aliphatic carbocycles. The van der Waals surface area contributed by atoms with Gasteiger partial charge in [-0.2, -0.15) is 0 Å². The number of carbonyl (C=O) groups excluding carboxylic acids is 1. The summed E-state index contributed by atoms with van der Waals surface area (Å²) in [7, 11) is 0. The van der Waals surface area contributed by atoms with Gasteiger partial charge in [-0.15, -0.1) is 0 Å². The van der Waals surface area contributed by atoms with Crippen LogP contribution >= 0.6 is 0 Å². The maximum absolute atomic E-state index is 11.8. The summed E-state index contributed by atoms with van der Waals surface area (Å²) in [4.78, 5) is 11.8. The van der Waals surface area contributed by atoms with E-state index in [1.165, 1.54) is 12.8 Å². The van der Waals surface area contributed by atoms with Gasteiger partial charge < -0.3 is 10.6 Å². The molecule has 0 radical (unpaired) electrons. The highest BCUT2D eigenvalue weighted by Crippen LogP contribution is 2.15. The molecule has 0 aromatic heterocycles. The first kappa shape index (κ1) is 12.5. The summed E-state index contributed by atoms with van der Waals surface area (Å²) < 4.78 is 0. The monoisotopic (exact) mass is 212 g/mol. The standard InChI is InChI=1S/C12H24N2O/c1-3-4-5-6-14-12(15)11-7-10(2)8-13-9-11/h10-11,13H,3-9H2,1-2H3,(H,14,15). The van der Waals surface area contributed by atoms with Crippen molar-refractivity contribution in [1.29, 1.82) is 0 Å². The SMILES string of the molecule is CCCCCNC(=O)C1CNCC(C)C1. The van der Waals surface area contributed by atoms with Crippen molar-refractivity contribution < 1.29 is 4.79 Å². The molecule has 15 heavy (non-hydrogen) atoms. The van der Waals surface area contributed by atoms with E-state index in [2.05, 4.69) is 24.5 Å². The average Bonchev–Trinajstić information content (AvgIpc) is 2.24. The molecule has 1 fully saturated rings. The quantitative estimate of drug-likeness (QED) is 0.679. The first-order valence-corrected chi connectivity index (χ1v) is 6.22. The van der Waals surface area contributed by atoms with Crippen molar-refractivity contribution in [2.24, 2.45) is 11.8 Å². The van der Waals surface area contributed by atoms with Crippen LogP contribution in [-0.2, 0) is 4.79 Å². The fourth-order valence-corrected chi connectivity index (χ4v) is 2.09. The molecule has 1 saturated heterocycles. The molecule has 1 rings (SSSR count). The van der Waals surface area contributed by atoms with Crippen LogP contribution in [0.15, 0.2) is 0 Å². The molecule has 1 aliphatic heterocycles. The molecule has 1 aliphatic rings. The molecule has 1 amide bonds. The Morgan fingerprint density at radius 2 is 2.20 bits per heavy atom. The largest absolute Gasteiger partial charge is 0.356 e. The fraction of sp³-hybridized carbons (Fsp3) is 0.917. The highest BCUT2D eigenvalue weighted by atomic mass is 16.1. The molecule has 0 aromatic rings. The first-order valence-electron chi connectivity index (χ1n) is 6.22. The van der Waals surface area contributed by atoms with E-state index < -0.39 is 0 Å². The lowest BCUT2D eigenvalue weighted by Crippen LogP contribution is -2.43. The van der Waals surface area contributed by atoms with Crippen molar-refractivity contribution >= 4 is 5.91 Å². The van der Waals surface area contributed by atoms with E-state index >= 15 is 0 Å². The highest BCUT2D eigenvalue weighted by molar-refractivity contribution is 5.78.